The van der Waals surface area contributed by atoms with Crippen molar-refractivity contribution in [2.45, 2.75) is 6.92 Å². The van der Waals surface area contributed by atoms with Gasteiger partial charge in [0.2, 0.25) is 0 Å². The number of aliphatic imine (C=N–C) groups is 1. The van der Waals surface area contributed by atoms with Crippen molar-refractivity contribution in [3.05, 3.63) is 46.6 Å². The molecule has 0 aliphatic heterocycles. The minimum Gasteiger partial charge on any atom is -0.508 e. The maximum Gasteiger partial charge on any atom is 0.132 e. The van der Waals surface area contributed by atoms with E-state index in [-0.39, 0.29) is 5.75 Å². The lowest BCUT2D eigenvalue weighted by molar-refractivity contribution is -0.109. The zero-order valence-corrected chi connectivity index (χ0v) is 11.1. The molecule has 19 heavy (non-hydrogen) atoms. The minimum absolute atomic E-state index is 0.168. The Kier molecular flexibility index (Phi) is 3.71. The number of benzene rings is 1. The Morgan fingerprint density at radius 2 is 2.00 bits per heavy atom. The number of hydrogen-bond acceptors (Lipinski definition) is 4. The number of halogens is 1. The van der Waals surface area contributed by atoms with Gasteiger partial charge in [-0.15, -0.1) is 0 Å². The van der Waals surface area contributed by atoms with Crippen LogP contribution in [-0.2, 0) is 4.79 Å². The Balaban J connectivity index is 2.43. The highest BCUT2D eigenvalue weighted by molar-refractivity contribution is 6.35. The summed E-state index contributed by atoms with van der Waals surface area (Å²) < 4.78 is 0. The Morgan fingerprint density at radius 1 is 1.37 bits per heavy atom. The lowest BCUT2D eigenvalue weighted by atomic mass is 9.93. The third-order valence-electron chi connectivity index (χ3n) is 2.90. The summed E-state index contributed by atoms with van der Waals surface area (Å²) >= 11 is 6.08. The highest BCUT2D eigenvalue weighted by Crippen LogP contribution is 2.29. The second-order valence-corrected chi connectivity index (χ2v) is 4.68. The number of phenols is 1. The van der Waals surface area contributed by atoms with Crippen LogP contribution in [0, 0.1) is 5.92 Å². The number of nitrogens with zero attached hydrogens (tertiary/aromatic N) is 1. The summed E-state index contributed by atoms with van der Waals surface area (Å²) in [5.41, 5.74) is 8.16. The van der Waals surface area contributed by atoms with Crippen molar-refractivity contribution in [2.75, 3.05) is 0 Å². The van der Waals surface area contributed by atoms with Gasteiger partial charge < -0.3 is 15.6 Å². The fourth-order valence-corrected chi connectivity index (χ4v) is 2.12. The molecule has 0 saturated carbocycles. The van der Waals surface area contributed by atoms with Crippen LogP contribution in [-0.4, -0.2) is 17.1 Å². The van der Waals surface area contributed by atoms with E-state index in [1.54, 1.807) is 25.1 Å². The van der Waals surface area contributed by atoms with E-state index in [2.05, 4.69) is 4.99 Å². The first-order valence-electron chi connectivity index (χ1n) is 5.69. The predicted octanol–water partition coefficient (Wildman–Crippen LogP) is 2.65. The Bertz CT molecular complexity index is 600. The second kappa shape index (κ2) is 5.28. The van der Waals surface area contributed by atoms with Crippen LogP contribution in [0.15, 0.2) is 51.6 Å². The van der Waals surface area contributed by atoms with E-state index in [0.717, 1.165) is 11.9 Å². The summed E-state index contributed by atoms with van der Waals surface area (Å²) in [5.74, 6) is -0.317. The zero-order chi connectivity index (χ0) is 14.0. The summed E-state index contributed by atoms with van der Waals surface area (Å²) in [4.78, 5) is 15.3. The van der Waals surface area contributed by atoms with Crippen molar-refractivity contribution in [1.82, 2.24) is 0 Å². The molecule has 0 aromatic heterocycles. The maximum atomic E-state index is 10.9. The SMILES string of the molecule is CC1=CC(=Nc2ccc(O)cc2)C(N)=C(Cl)C1C=O. The average molecular weight is 277 g/mol. The fraction of sp³-hybridized carbons (Fsp3) is 0.143. The number of aromatic hydroxyl groups is 1. The van der Waals surface area contributed by atoms with Crippen molar-refractivity contribution < 1.29 is 9.90 Å². The molecule has 0 heterocycles. The monoisotopic (exact) mass is 276 g/mol. The van der Waals surface area contributed by atoms with Crippen molar-refractivity contribution in [1.29, 1.82) is 0 Å². The lowest BCUT2D eigenvalue weighted by Gasteiger charge is -2.19. The Morgan fingerprint density at radius 3 is 2.58 bits per heavy atom. The van der Waals surface area contributed by atoms with Gasteiger partial charge in [0.25, 0.3) is 0 Å². The van der Waals surface area contributed by atoms with Gasteiger partial charge in [-0.3, -0.25) is 0 Å². The van der Waals surface area contributed by atoms with Gasteiger partial charge in [0.1, 0.15) is 12.0 Å². The molecule has 5 heteroatoms. The van der Waals surface area contributed by atoms with Gasteiger partial charge in [0.05, 0.1) is 28.0 Å². The van der Waals surface area contributed by atoms with Crippen molar-refractivity contribution >= 4 is 29.3 Å². The summed E-state index contributed by atoms with van der Waals surface area (Å²) in [6.07, 6.45) is 2.51. The molecule has 1 unspecified atom stereocenters. The van der Waals surface area contributed by atoms with Gasteiger partial charge in [-0.25, -0.2) is 4.99 Å². The highest BCUT2D eigenvalue weighted by atomic mass is 35.5. The third kappa shape index (κ3) is 2.69. The number of allylic oxidation sites excluding steroid dienone is 3. The van der Waals surface area contributed by atoms with Gasteiger partial charge in [-0.05, 0) is 37.3 Å². The second-order valence-electron chi connectivity index (χ2n) is 4.28. The van der Waals surface area contributed by atoms with E-state index in [1.807, 2.05) is 0 Å². The number of rotatable bonds is 2. The Labute approximate surface area is 115 Å². The molecule has 0 fully saturated rings. The van der Waals surface area contributed by atoms with E-state index in [0.29, 0.717) is 22.1 Å². The first kappa shape index (κ1) is 13.4. The van der Waals surface area contributed by atoms with Crippen LogP contribution >= 0.6 is 11.6 Å². The van der Waals surface area contributed by atoms with E-state index < -0.39 is 5.92 Å². The van der Waals surface area contributed by atoms with Gasteiger partial charge in [-0.2, -0.15) is 0 Å². The molecule has 2 rings (SSSR count). The molecule has 0 bridgehead atoms. The normalized spacial score (nSPS) is 21.5. The number of carbonyl (C=O) groups excluding carboxylic acids is 1. The number of nitrogens with two attached hydrogens (primary N) is 1. The molecule has 1 aromatic carbocycles. The molecule has 0 spiro atoms. The fourth-order valence-electron chi connectivity index (χ4n) is 1.80. The number of aldehydes is 1. The smallest absolute Gasteiger partial charge is 0.132 e. The summed E-state index contributed by atoms with van der Waals surface area (Å²) in [7, 11) is 0. The molecule has 1 aromatic rings. The van der Waals surface area contributed by atoms with Crippen LogP contribution in [0.3, 0.4) is 0 Å². The predicted molar refractivity (Wildman–Crippen MR) is 75.6 cm³/mol. The Hall–Kier alpha value is -2.07. The molecule has 1 aliphatic carbocycles. The van der Waals surface area contributed by atoms with Crippen molar-refractivity contribution in [2.24, 2.45) is 16.6 Å². The number of phenolic OH excluding ortho intramolecular Hbond substituents is 1. The van der Waals surface area contributed by atoms with E-state index in [1.165, 1.54) is 12.1 Å². The van der Waals surface area contributed by atoms with Crippen LogP contribution in [0.1, 0.15) is 6.92 Å². The van der Waals surface area contributed by atoms with Crippen LogP contribution in [0.5, 0.6) is 5.75 Å². The number of carbonyl (C=O) groups is 1. The molecular formula is C14H13ClN2O2. The maximum absolute atomic E-state index is 10.9. The van der Waals surface area contributed by atoms with Gasteiger partial charge in [0, 0.05) is 0 Å². The molecule has 0 radical (unpaired) electrons. The molecule has 98 valence electrons. The zero-order valence-electron chi connectivity index (χ0n) is 10.3. The molecule has 0 saturated heterocycles. The molecule has 1 atom stereocenters. The third-order valence-corrected chi connectivity index (χ3v) is 3.34. The largest absolute Gasteiger partial charge is 0.508 e. The summed E-state index contributed by atoms with van der Waals surface area (Å²) in [5, 5.41) is 9.51. The molecule has 0 amide bonds. The van der Waals surface area contributed by atoms with E-state index >= 15 is 0 Å². The average Bonchev–Trinajstić information content (AvgIpc) is 2.39. The van der Waals surface area contributed by atoms with Crippen LogP contribution in [0.2, 0.25) is 0 Å². The lowest BCUT2D eigenvalue weighted by Crippen LogP contribution is -2.21. The quantitative estimate of drug-likeness (QED) is 0.816. The van der Waals surface area contributed by atoms with Gasteiger partial charge >= 0.3 is 0 Å². The topological polar surface area (TPSA) is 75.7 Å². The van der Waals surface area contributed by atoms with E-state index in [9.17, 15) is 9.90 Å². The van der Waals surface area contributed by atoms with E-state index in [4.69, 9.17) is 17.3 Å². The molecular weight excluding hydrogens is 264 g/mol. The highest BCUT2D eigenvalue weighted by Gasteiger charge is 2.23. The summed E-state index contributed by atoms with van der Waals surface area (Å²) in [6, 6.07) is 6.40. The summed E-state index contributed by atoms with van der Waals surface area (Å²) in [6.45, 7) is 1.81. The number of hydrogen-bond donors (Lipinski definition) is 2. The van der Waals surface area contributed by atoms with Gasteiger partial charge in [0.15, 0.2) is 0 Å². The van der Waals surface area contributed by atoms with Crippen molar-refractivity contribution in [3.63, 3.8) is 0 Å². The molecule has 1 aliphatic rings. The van der Waals surface area contributed by atoms with Crippen LogP contribution in [0.4, 0.5) is 5.69 Å². The van der Waals surface area contributed by atoms with Crippen LogP contribution < -0.4 is 5.73 Å². The van der Waals surface area contributed by atoms with Crippen molar-refractivity contribution in [3.8, 4) is 5.75 Å². The van der Waals surface area contributed by atoms with Gasteiger partial charge in [-0.1, -0.05) is 17.2 Å². The standard InChI is InChI=1S/C14H13ClN2O2/c1-8-6-12(14(16)13(15)11(8)7-18)17-9-2-4-10(19)5-3-9/h2-7,11,19H,16H2,1H3. The first-order chi connectivity index (χ1) is 9.02. The first-order valence-corrected chi connectivity index (χ1v) is 6.07. The molecule has 4 nitrogen and oxygen atoms in total. The molecule has 3 N–H and O–H groups in total. The minimum atomic E-state index is -0.486. The van der Waals surface area contributed by atoms with Crippen LogP contribution in [0.25, 0.3) is 0 Å².